The van der Waals surface area contributed by atoms with Crippen LogP contribution in [-0.2, 0) is 19.6 Å². The van der Waals surface area contributed by atoms with E-state index in [0.29, 0.717) is 6.04 Å². The molecule has 1 N–H and O–H groups in total. The normalized spacial score (nSPS) is 26.7. The summed E-state index contributed by atoms with van der Waals surface area (Å²) in [5, 5.41) is 12.2. The van der Waals surface area contributed by atoms with Crippen LogP contribution in [0.15, 0.2) is 36.7 Å². The number of nitrogens with zero attached hydrogens (tertiary/aromatic N) is 4. The van der Waals surface area contributed by atoms with E-state index in [1.54, 1.807) is 0 Å². The molecule has 1 saturated carbocycles. The lowest BCUT2D eigenvalue weighted by molar-refractivity contribution is 0.0411. The van der Waals surface area contributed by atoms with Gasteiger partial charge in [0.05, 0.1) is 6.54 Å². The molecule has 2 aromatic rings. The van der Waals surface area contributed by atoms with Crippen molar-refractivity contribution in [2.45, 2.75) is 51.9 Å². The third-order valence-corrected chi connectivity index (χ3v) is 5.93. The first-order valence-corrected chi connectivity index (χ1v) is 9.70. The van der Waals surface area contributed by atoms with Crippen molar-refractivity contribution in [2.75, 3.05) is 13.1 Å². The Balaban J connectivity index is 1.38. The van der Waals surface area contributed by atoms with Crippen LogP contribution in [0.4, 0.5) is 0 Å². The molecule has 1 saturated heterocycles. The van der Waals surface area contributed by atoms with Crippen molar-refractivity contribution in [3.8, 4) is 0 Å². The lowest BCUT2D eigenvalue weighted by Gasteiger charge is -2.47. The summed E-state index contributed by atoms with van der Waals surface area (Å²) in [4.78, 5) is 2.66. The molecular weight excluding hydrogens is 310 g/mol. The van der Waals surface area contributed by atoms with Gasteiger partial charge in [0.25, 0.3) is 0 Å². The van der Waals surface area contributed by atoms with Crippen LogP contribution in [0.2, 0.25) is 0 Å². The monoisotopic (exact) mass is 339 g/mol. The second-order valence-corrected chi connectivity index (χ2v) is 7.57. The van der Waals surface area contributed by atoms with Gasteiger partial charge in [-0.15, -0.1) is 10.2 Å². The van der Waals surface area contributed by atoms with Crippen LogP contribution in [0.1, 0.15) is 37.6 Å². The van der Waals surface area contributed by atoms with Gasteiger partial charge < -0.3 is 9.88 Å². The molecule has 1 aliphatic heterocycles. The van der Waals surface area contributed by atoms with E-state index in [0.717, 1.165) is 37.3 Å². The van der Waals surface area contributed by atoms with E-state index in [2.05, 4.69) is 62.2 Å². The number of aromatic nitrogens is 3. The fourth-order valence-corrected chi connectivity index (χ4v) is 4.73. The third kappa shape index (κ3) is 3.77. The molecule has 2 bridgehead atoms. The first-order valence-electron chi connectivity index (χ1n) is 9.70. The van der Waals surface area contributed by atoms with Gasteiger partial charge in [-0.3, -0.25) is 4.90 Å². The van der Waals surface area contributed by atoms with E-state index >= 15 is 0 Å². The Kier molecular flexibility index (Phi) is 5.13. The average molecular weight is 339 g/mol. The van der Waals surface area contributed by atoms with Crippen LogP contribution in [-0.4, -0.2) is 38.8 Å². The molecule has 25 heavy (non-hydrogen) atoms. The number of nitrogens with one attached hydrogen (secondary N) is 1. The molecule has 134 valence electrons. The van der Waals surface area contributed by atoms with E-state index in [1.807, 2.05) is 6.33 Å². The summed E-state index contributed by atoms with van der Waals surface area (Å²) in [5.74, 6) is 2.58. The second kappa shape index (κ2) is 7.67. The molecule has 2 unspecified atom stereocenters. The molecule has 1 aromatic heterocycles. The first-order chi connectivity index (χ1) is 12.3. The van der Waals surface area contributed by atoms with E-state index in [9.17, 15) is 0 Å². The van der Waals surface area contributed by atoms with Crippen molar-refractivity contribution in [3.05, 3.63) is 48.0 Å². The maximum Gasteiger partial charge on any atom is 0.146 e. The number of piperidine rings is 1. The van der Waals surface area contributed by atoms with Gasteiger partial charge in [-0.1, -0.05) is 36.8 Å². The minimum absolute atomic E-state index is 0.628. The molecule has 5 nitrogen and oxygen atoms in total. The molecule has 1 aliphatic carbocycles. The molecule has 1 aromatic carbocycles. The Labute approximate surface area is 150 Å². The number of hydrogen-bond donors (Lipinski definition) is 1. The lowest BCUT2D eigenvalue weighted by Crippen LogP contribution is -2.56. The van der Waals surface area contributed by atoms with Gasteiger partial charge in [0, 0.05) is 32.2 Å². The summed E-state index contributed by atoms with van der Waals surface area (Å²) in [6.45, 7) is 7.43. The highest BCUT2D eigenvalue weighted by Crippen LogP contribution is 2.35. The second-order valence-electron chi connectivity index (χ2n) is 7.57. The first kappa shape index (κ1) is 16.7. The van der Waals surface area contributed by atoms with E-state index in [1.165, 1.54) is 37.9 Å². The Morgan fingerprint density at radius 3 is 2.60 bits per heavy atom. The van der Waals surface area contributed by atoms with Gasteiger partial charge in [-0.25, -0.2) is 0 Å². The van der Waals surface area contributed by atoms with E-state index in [-0.39, 0.29) is 0 Å². The molecule has 0 amide bonds. The van der Waals surface area contributed by atoms with Crippen LogP contribution >= 0.6 is 0 Å². The van der Waals surface area contributed by atoms with Gasteiger partial charge in [0.15, 0.2) is 0 Å². The SMILES string of the molecule is CCn1cnnc1CNC1C2CCCC1CN(Cc1ccccc1)C2. The molecule has 5 heteroatoms. The molecule has 0 radical (unpaired) electrons. The summed E-state index contributed by atoms with van der Waals surface area (Å²) in [5.41, 5.74) is 1.43. The van der Waals surface area contributed by atoms with Crippen LogP contribution < -0.4 is 5.32 Å². The van der Waals surface area contributed by atoms with Crippen LogP contribution in [0.3, 0.4) is 0 Å². The summed E-state index contributed by atoms with van der Waals surface area (Å²) in [7, 11) is 0. The zero-order valence-electron chi connectivity index (χ0n) is 15.1. The predicted octanol–water partition coefficient (Wildman–Crippen LogP) is 2.69. The van der Waals surface area contributed by atoms with Crippen LogP contribution in [0.25, 0.3) is 0 Å². The Hall–Kier alpha value is -1.72. The van der Waals surface area contributed by atoms with Gasteiger partial charge >= 0.3 is 0 Å². The molecule has 2 aliphatic rings. The zero-order chi connectivity index (χ0) is 17.1. The van der Waals surface area contributed by atoms with Crippen molar-refractivity contribution >= 4 is 0 Å². The van der Waals surface area contributed by atoms with Gasteiger partial charge in [0.1, 0.15) is 12.2 Å². The van der Waals surface area contributed by atoms with Crippen molar-refractivity contribution in [1.29, 1.82) is 0 Å². The number of rotatable bonds is 6. The maximum absolute atomic E-state index is 4.28. The highest BCUT2D eigenvalue weighted by atomic mass is 15.3. The molecule has 2 heterocycles. The van der Waals surface area contributed by atoms with Crippen molar-refractivity contribution < 1.29 is 0 Å². The molecule has 2 fully saturated rings. The van der Waals surface area contributed by atoms with Crippen molar-refractivity contribution in [3.63, 3.8) is 0 Å². The summed E-state index contributed by atoms with van der Waals surface area (Å²) < 4.78 is 2.13. The highest BCUT2D eigenvalue weighted by molar-refractivity contribution is 5.15. The average Bonchev–Trinajstić information content (AvgIpc) is 3.08. The van der Waals surface area contributed by atoms with E-state index < -0.39 is 0 Å². The molecule has 0 spiro atoms. The standard InChI is InChI=1S/C20H29N5/c1-2-25-15-22-23-19(25)11-21-20-17-9-6-10-18(20)14-24(13-17)12-16-7-4-3-5-8-16/h3-5,7-8,15,17-18,20-21H,2,6,9-14H2,1H3. The largest absolute Gasteiger partial charge is 0.317 e. The fraction of sp³-hybridized carbons (Fsp3) is 0.600. The fourth-order valence-electron chi connectivity index (χ4n) is 4.73. The number of likely N-dealkylation sites (tertiary alicyclic amines) is 1. The number of fused-ring (bicyclic) bond motifs is 2. The number of benzene rings is 1. The van der Waals surface area contributed by atoms with E-state index in [4.69, 9.17) is 0 Å². The van der Waals surface area contributed by atoms with Gasteiger partial charge in [0.2, 0.25) is 0 Å². The quantitative estimate of drug-likeness (QED) is 0.879. The highest BCUT2D eigenvalue weighted by Gasteiger charge is 2.39. The molecule has 2 atom stereocenters. The number of hydrogen-bond acceptors (Lipinski definition) is 4. The minimum Gasteiger partial charge on any atom is -0.317 e. The topological polar surface area (TPSA) is 46.0 Å². The van der Waals surface area contributed by atoms with Crippen LogP contribution in [0, 0.1) is 11.8 Å². The predicted molar refractivity (Wildman–Crippen MR) is 98.9 cm³/mol. The maximum atomic E-state index is 4.28. The minimum atomic E-state index is 0.628. The third-order valence-electron chi connectivity index (χ3n) is 5.93. The Morgan fingerprint density at radius 2 is 1.88 bits per heavy atom. The summed E-state index contributed by atoms with van der Waals surface area (Å²) in [6, 6.07) is 11.5. The molecular formula is C20H29N5. The zero-order valence-corrected chi connectivity index (χ0v) is 15.1. The lowest BCUT2D eigenvalue weighted by atomic mass is 9.73. The Bertz CT molecular complexity index is 654. The van der Waals surface area contributed by atoms with Gasteiger partial charge in [-0.05, 0) is 37.2 Å². The summed E-state index contributed by atoms with van der Waals surface area (Å²) >= 11 is 0. The summed E-state index contributed by atoms with van der Waals surface area (Å²) in [6.07, 6.45) is 5.91. The Morgan fingerprint density at radius 1 is 1.12 bits per heavy atom. The smallest absolute Gasteiger partial charge is 0.146 e. The van der Waals surface area contributed by atoms with Crippen molar-refractivity contribution in [2.24, 2.45) is 11.8 Å². The van der Waals surface area contributed by atoms with Crippen LogP contribution in [0.5, 0.6) is 0 Å². The molecule has 4 rings (SSSR count). The number of aryl methyl sites for hydroxylation is 1. The van der Waals surface area contributed by atoms with Crippen molar-refractivity contribution in [1.82, 2.24) is 25.0 Å². The van der Waals surface area contributed by atoms with Gasteiger partial charge in [-0.2, -0.15) is 0 Å².